The van der Waals surface area contributed by atoms with Gasteiger partial charge in [-0.3, -0.25) is 4.98 Å². The van der Waals surface area contributed by atoms with Crippen LogP contribution in [-0.4, -0.2) is 20.6 Å². The highest BCUT2D eigenvalue weighted by Crippen LogP contribution is 2.43. The largest absolute Gasteiger partial charge is 0.351 e. The predicted octanol–water partition coefficient (Wildman–Crippen LogP) is 3.70. The number of halogens is 2. The van der Waals surface area contributed by atoms with E-state index in [1.165, 1.54) is 16.7 Å². The minimum atomic E-state index is -0.739. The molecular weight excluding hydrogens is 319 g/mol. The summed E-state index contributed by atoms with van der Waals surface area (Å²) in [6.07, 6.45) is 3.65. The first-order valence-electron chi connectivity index (χ1n) is 7.19. The van der Waals surface area contributed by atoms with E-state index in [1.54, 1.807) is 18.3 Å². The van der Waals surface area contributed by atoms with Gasteiger partial charge >= 0.3 is 6.03 Å². The molecule has 2 heterocycles. The molecule has 116 valence electrons. The maximum Gasteiger partial charge on any atom is 0.325 e. The number of rotatable bonds is 2. The third-order valence-electron chi connectivity index (χ3n) is 3.96. The van der Waals surface area contributed by atoms with Gasteiger partial charge in [-0.15, -0.1) is 0 Å². The lowest BCUT2D eigenvalue weighted by Gasteiger charge is -2.08. The Labute approximate surface area is 135 Å². The van der Waals surface area contributed by atoms with Crippen molar-refractivity contribution in [1.29, 1.82) is 0 Å². The molecule has 1 fully saturated rings. The maximum absolute atomic E-state index is 14.3. The molecule has 1 aliphatic rings. The second-order valence-electron chi connectivity index (χ2n) is 5.54. The first-order chi connectivity index (χ1) is 11.1. The van der Waals surface area contributed by atoms with Gasteiger partial charge in [0.2, 0.25) is 0 Å². The van der Waals surface area contributed by atoms with Crippen molar-refractivity contribution in [2.75, 3.05) is 0 Å². The van der Waals surface area contributed by atoms with E-state index in [0.29, 0.717) is 11.0 Å². The number of primary amides is 1. The molecular formula is C16H12ClFN4O. The summed E-state index contributed by atoms with van der Waals surface area (Å²) in [4.78, 5) is 20.8. The van der Waals surface area contributed by atoms with E-state index < -0.39 is 11.8 Å². The van der Waals surface area contributed by atoms with Gasteiger partial charge in [0, 0.05) is 12.1 Å². The Bertz CT molecular complexity index is 928. The molecule has 0 atom stereocenters. The molecule has 0 aliphatic heterocycles. The highest BCUT2D eigenvalue weighted by molar-refractivity contribution is 6.33. The average Bonchev–Trinajstić information content (AvgIpc) is 3.26. The molecule has 5 nitrogen and oxygen atoms in total. The van der Waals surface area contributed by atoms with Crippen LogP contribution in [0.2, 0.25) is 5.02 Å². The number of fused-ring (bicyclic) bond motifs is 1. The number of hydrogen-bond acceptors (Lipinski definition) is 3. The standard InChI is InChI=1S/C16H12ClFN4O/c17-9-2-1-3-10(18)12(9)15-21-11-6-7-20-13(8-4-5-8)14(11)22(15)16(19)23/h1-3,6-8H,4-5H2,(H2,19,23). The Kier molecular flexibility index (Phi) is 3.09. The molecule has 4 rings (SSSR count). The van der Waals surface area contributed by atoms with Crippen molar-refractivity contribution in [3.8, 4) is 11.4 Å². The van der Waals surface area contributed by atoms with Crippen LogP contribution in [0.15, 0.2) is 30.5 Å². The maximum atomic E-state index is 14.3. The molecule has 1 saturated carbocycles. The number of amides is 1. The Morgan fingerprint density at radius 1 is 1.35 bits per heavy atom. The molecule has 7 heteroatoms. The molecule has 3 aromatic rings. The first-order valence-corrected chi connectivity index (χ1v) is 7.57. The lowest BCUT2D eigenvalue weighted by molar-refractivity contribution is 0.251. The number of pyridine rings is 1. The van der Waals surface area contributed by atoms with Crippen molar-refractivity contribution >= 4 is 28.7 Å². The Balaban J connectivity index is 2.10. The summed E-state index contributed by atoms with van der Waals surface area (Å²) in [6, 6.07) is 5.25. The molecule has 2 aromatic heterocycles. The molecule has 0 radical (unpaired) electrons. The zero-order valence-corrected chi connectivity index (χ0v) is 12.7. The lowest BCUT2D eigenvalue weighted by Crippen LogP contribution is -2.21. The van der Waals surface area contributed by atoms with Crippen LogP contribution in [0.3, 0.4) is 0 Å². The van der Waals surface area contributed by atoms with Crippen LogP contribution in [-0.2, 0) is 0 Å². The monoisotopic (exact) mass is 330 g/mol. The van der Waals surface area contributed by atoms with E-state index in [4.69, 9.17) is 17.3 Å². The van der Waals surface area contributed by atoms with Crippen molar-refractivity contribution in [1.82, 2.24) is 14.5 Å². The molecule has 1 aromatic carbocycles. The highest BCUT2D eigenvalue weighted by Gasteiger charge is 2.31. The Morgan fingerprint density at radius 2 is 2.13 bits per heavy atom. The van der Waals surface area contributed by atoms with Crippen LogP contribution in [0, 0.1) is 5.82 Å². The summed E-state index contributed by atoms with van der Waals surface area (Å²) >= 11 is 6.12. The second kappa shape index (κ2) is 5.03. The van der Waals surface area contributed by atoms with Crippen molar-refractivity contribution in [2.24, 2.45) is 5.73 Å². The number of carbonyl (C=O) groups excluding carboxylic acids is 1. The fourth-order valence-electron chi connectivity index (χ4n) is 2.80. The molecule has 1 amide bonds. The van der Waals surface area contributed by atoms with Crippen LogP contribution < -0.4 is 5.73 Å². The lowest BCUT2D eigenvalue weighted by atomic mass is 10.2. The fraction of sp³-hybridized carbons (Fsp3) is 0.188. The van der Waals surface area contributed by atoms with Gasteiger partial charge in [0.15, 0.2) is 5.82 Å². The van der Waals surface area contributed by atoms with Crippen LogP contribution in [0.1, 0.15) is 24.5 Å². The van der Waals surface area contributed by atoms with E-state index in [0.717, 1.165) is 18.5 Å². The third-order valence-corrected chi connectivity index (χ3v) is 4.28. The minimum Gasteiger partial charge on any atom is -0.351 e. The summed E-state index contributed by atoms with van der Waals surface area (Å²) in [5.41, 5.74) is 7.46. The van der Waals surface area contributed by atoms with Gasteiger partial charge in [-0.2, -0.15) is 0 Å². The van der Waals surface area contributed by atoms with Gasteiger partial charge in [-0.25, -0.2) is 18.7 Å². The number of aromatic nitrogens is 3. The summed E-state index contributed by atoms with van der Waals surface area (Å²) in [6.45, 7) is 0. The Morgan fingerprint density at radius 3 is 2.78 bits per heavy atom. The number of nitrogens with two attached hydrogens (primary N) is 1. The Hall–Kier alpha value is -2.47. The molecule has 0 spiro atoms. The highest BCUT2D eigenvalue weighted by atomic mass is 35.5. The average molecular weight is 331 g/mol. The van der Waals surface area contributed by atoms with Crippen molar-refractivity contribution < 1.29 is 9.18 Å². The number of imidazole rings is 1. The number of hydrogen-bond donors (Lipinski definition) is 1. The summed E-state index contributed by atoms with van der Waals surface area (Å²) in [5, 5.41) is 0.170. The van der Waals surface area contributed by atoms with Crippen molar-refractivity contribution in [3.63, 3.8) is 0 Å². The van der Waals surface area contributed by atoms with Crippen LogP contribution in [0.4, 0.5) is 9.18 Å². The van der Waals surface area contributed by atoms with Gasteiger partial charge in [0.05, 0.1) is 27.3 Å². The van der Waals surface area contributed by atoms with Gasteiger partial charge < -0.3 is 5.73 Å². The van der Waals surface area contributed by atoms with E-state index in [-0.39, 0.29) is 22.3 Å². The smallest absolute Gasteiger partial charge is 0.325 e. The van der Waals surface area contributed by atoms with Crippen LogP contribution in [0.25, 0.3) is 22.4 Å². The normalized spacial score (nSPS) is 14.3. The number of carbonyl (C=O) groups is 1. The molecule has 0 saturated heterocycles. The molecule has 23 heavy (non-hydrogen) atoms. The fourth-order valence-corrected chi connectivity index (χ4v) is 3.05. The van der Waals surface area contributed by atoms with Gasteiger partial charge in [-0.05, 0) is 31.0 Å². The van der Waals surface area contributed by atoms with E-state index >= 15 is 0 Å². The minimum absolute atomic E-state index is 0.0610. The van der Waals surface area contributed by atoms with Gasteiger partial charge in [0.25, 0.3) is 0 Å². The van der Waals surface area contributed by atoms with Crippen LogP contribution >= 0.6 is 11.6 Å². The van der Waals surface area contributed by atoms with Gasteiger partial charge in [0.1, 0.15) is 5.82 Å². The molecule has 2 N–H and O–H groups in total. The van der Waals surface area contributed by atoms with Gasteiger partial charge in [-0.1, -0.05) is 17.7 Å². The quantitative estimate of drug-likeness (QED) is 0.778. The van der Waals surface area contributed by atoms with Crippen molar-refractivity contribution in [3.05, 3.63) is 47.0 Å². The summed E-state index contributed by atoms with van der Waals surface area (Å²) < 4.78 is 15.5. The third kappa shape index (κ3) is 2.17. The van der Waals surface area contributed by atoms with E-state index in [2.05, 4.69) is 9.97 Å². The summed E-state index contributed by atoms with van der Waals surface area (Å²) in [5.74, 6) is -0.167. The number of benzene rings is 1. The number of nitrogens with zero attached hydrogens (tertiary/aromatic N) is 3. The predicted molar refractivity (Wildman–Crippen MR) is 84.9 cm³/mol. The zero-order valence-electron chi connectivity index (χ0n) is 12.0. The zero-order chi connectivity index (χ0) is 16.1. The van der Waals surface area contributed by atoms with E-state index in [9.17, 15) is 9.18 Å². The van der Waals surface area contributed by atoms with E-state index in [1.807, 2.05) is 0 Å². The first kappa shape index (κ1) is 14.1. The SMILES string of the molecule is NC(=O)n1c(-c2c(F)cccc2Cl)nc2ccnc(C3CC3)c21. The topological polar surface area (TPSA) is 73.8 Å². The molecule has 0 unspecified atom stereocenters. The molecule has 0 bridgehead atoms. The van der Waals surface area contributed by atoms with Crippen LogP contribution in [0.5, 0.6) is 0 Å². The summed E-state index contributed by atoms with van der Waals surface area (Å²) in [7, 11) is 0. The van der Waals surface area contributed by atoms with Crippen molar-refractivity contribution in [2.45, 2.75) is 18.8 Å². The second-order valence-corrected chi connectivity index (χ2v) is 5.95. The molecule has 1 aliphatic carbocycles.